The molecule has 0 unspecified atom stereocenters. The summed E-state index contributed by atoms with van der Waals surface area (Å²) < 4.78 is 40.8. The van der Waals surface area contributed by atoms with Crippen molar-refractivity contribution in [3.63, 3.8) is 0 Å². The Morgan fingerprint density at radius 1 is 1.11 bits per heavy atom. The van der Waals surface area contributed by atoms with Crippen LogP contribution >= 0.6 is 12.4 Å². The number of likely N-dealkylation sites (N-methyl/N-ethyl adjacent to an activating group) is 1. The van der Waals surface area contributed by atoms with Crippen molar-refractivity contribution in [2.45, 2.75) is 18.7 Å². The van der Waals surface area contributed by atoms with E-state index in [1.807, 2.05) is 6.92 Å². The maximum Gasteiger partial charge on any atom is 0.261 e. The Hall–Kier alpha value is -2.16. The first-order chi connectivity index (χ1) is 12.3. The molecule has 9 heteroatoms. The predicted molar refractivity (Wildman–Crippen MR) is 107 cm³/mol. The van der Waals surface area contributed by atoms with Gasteiger partial charge >= 0.3 is 0 Å². The number of halogens is 2. The van der Waals surface area contributed by atoms with Crippen molar-refractivity contribution < 1.29 is 17.6 Å². The fraction of sp³-hybridized carbons (Fsp3) is 0.278. The third-order valence-corrected chi connectivity index (χ3v) is 5.05. The van der Waals surface area contributed by atoms with Gasteiger partial charge in [-0.25, -0.2) is 12.8 Å². The molecule has 0 radical (unpaired) electrons. The molecule has 0 saturated heterocycles. The van der Waals surface area contributed by atoms with Crippen LogP contribution in [0.15, 0.2) is 47.4 Å². The second-order valence-electron chi connectivity index (χ2n) is 5.71. The van der Waals surface area contributed by atoms with E-state index >= 15 is 0 Å². The smallest absolute Gasteiger partial charge is 0.261 e. The highest BCUT2D eigenvalue weighted by Gasteiger charge is 2.16. The van der Waals surface area contributed by atoms with Crippen LogP contribution in [0.5, 0.6) is 0 Å². The summed E-state index contributed by atoms with van der Waals surface area (Å²) in [5.41, 5.74) is 0.919. The third kappa shape index (κ3) is 6.50. The van der Waals surface area contributed by atoms with Crippen LogP contribution in [-0.2, 0) is 10.0 Å². The molecule has 27 heavy (non-hydrogen) atoms. The van der Waals surface area contributed by atoms with Crippen molar-refractivity contribution >= 4 is 34.0 Å². The molecular formula is C18H23ClFN3O3S. The first kappa shape index (κ1) is 22.9. The minimum Gasteiger partial charge on any atom is -0.351 e. The number of benzene rings is 2. The number of sulfonamides is 1. The number of anilines is 1. The first-order valence-electron chi connectivity index (χ1n) is 8.21. The summed E-state index contributed by atoms with van der Waals surface area (Å²) in [6, 6.07) is 9.83. The van der Waals surface area contributed by atoms with E-state index in [2.05, 4.69) is 15.4 Å². The van der Waals surface area contributed by atoms with Gasteiger partial charge < -0.3 is 10.6 Å². The summed E-state index contributed by atoms with van der Waals surface area (Å²) in [5, 5.41) is 5.83. The van der Waals surface area contributed by atoms with Crippen molar-refractivity contribution in [3.05, 3.63) is 59.4 Å². The molecule has 0 aliphatic heterocycles. The lowest BCUT2D eigenvalue weighted by Crippen LogP contribution is -2.31. The molecule has 3 N–H and O–H groups in total. The molecule has 0 aromatic heterocycles. The highest BCUT2D eigenvalue weighted by molar-refractivity contribution is 7.92. The highest BCUT2D eigenvalue weighted by atomic mass is 35.5. The molecule has 0 aliphatic carbocycles. The Kier molecular flexibility index (Phi) is 8.68. The van der Waals surface area contributed by atoms with Crippen LogP contribution < -0.4 is 15.4 Å². The Bertz CT molecular complexity index is 891. The SMILES string of the molecule is CCNCCNC(=O)c1cccc(NS(=O)(=O)c2ccc(C)c(F)c2)c1.Cl. The second kappa shape index (κ2) is 10.2. The van der Waals surface area contributed by atoms with Crippen molar-refractivity contribution in [2.24, 2.45) is 0 Å². The van der Waals surface area contributed by atoms with Gasteiger partial charge in [0.1, 0.15) is 5.82 Å². The lowest BCUT2D eigenvalue weighted by atomic mass is 10.2. The van der Waals surface area contributed by atoms with Crippen LogP contribution in [0.25, 0.3) is 0 Å². The molecule has 0 heterocycles. The molecule has 0 saturated carbocycles. The number of hydrogen-bond acceptors (Lipinski definition) is 4. The Balaban J connectivity index is 0.00000364. The average Bonchev–Trinajstić information content (AvgIpc) is 2.60. The molecule has 0 atom stereocenters. The highest BCUT2D eigenvalue weighted by Crippen LogP contribution is 2.19. The van der Waals surface area contributed by atoms with Gasteiger partial charge in [-0.2, -0.15) is 0 Å². The monoisotopic (exact) mass is 415 g/mol. The van der Waals surface area contributed by atoms with Gasteiger partial charge in [-0.3, -0.25) is 9.52 Å². The van der Waals surface area contributed by atoms with Gasteiger partial charge in [0.25, 0.3) is 15.9 Å². The lowest BCUT2D eigenvalue weighted by Gasteiger charge is -2.11. The maximum atomic E-state index is 13.6. The zero-order valence-corrected chi connectivity index (χ0v) is 16.7. The van der Waals surface area contributed by atoms with Gasteiger partial charge in [-0.05, 0) is 49.4 Å². The molecule has 0 spiro atoms. The van der Waals surface area contributed by atoms with Crippen LogP contribution in [0.3, 0.4) is 0 Å². The summed E-state index contributed by atoms with van der Waals surface area (Å²) in [6.45, 7) is 5.44. The fourth-order valence-electron chi connectivity index (χ4n) is 2.22. The topological polar surface area (TPSA) is 87.3 Å². The van der Waals surface area contributed by atoms with E-state index in [4.69, 9.17) is 0 Å². The number of nitrogens with one attached hydrogen (secondary N) is 3. The van der Waals surface area contributed by atoms with Crippen molar-refractivity contribution in [1.82, 2.24) is 10.6 Å². The molecule has 0 fully saturated rings. The van der Waals surface area contributed by atoms with E-state index in [0.29, 0.717) is 24.2 Å². The first-order valence-corrected chi connectivity index (χ1v) is 9.70. The Morgan fingerprint density at radius 3 is 2.52 bits per heavy atom. The zero-order valence-electron chi connectivity index (χ0n) is 15.1. The molecule has 1 amide bonds. The minimum absolute atomic E-state index is 0. The van der Waals surface area contributed by atoms with Gasteiger partial charge in [0.05, 0.1) is 4.90 Å². The third-order valence-electron chi connectivity index (χ3n) is 3.67. The van der Waals surface area contributed by atoms with E-state index in [1.54, 1.807) is 19.1 Å². The lowest BCUT2D eigenvalue weighted by molar-refractivity contribution is 0.0954. The van der Waals surface area contributed by atoms with Gasteiger partial charge in [0, 0.05) is 24.3 Å². The van der Waals surface area contributed by atoms with Gasteiger partial charge in [-0.15, -0.1) is 12.4 Å². The quantitative estimate of drug-likeness (QED) is 0.578. The fourth-order valence-corrected chi connectivity index (χ4v) is 3.28. The molecule has 2 aromatic carbocycles. The van der Waals surface area contributed by atoms with Crippen molar-refractivity contribution in [2.75, 3.05) is 24.4 Å². The van der Waals surface area contributed by atoms with Gasteiger partial charge in [0.2, 0.25) is 0 Å². The van der Waals surface area contributed by atoms with E-state index in [1.165, 1.54) is 24.3 Å². The van der Waals surface area contributed by atoms with E-state index in [-0.39, 0.29) is 28.9 Å². The molecule has 2 aromatic rings. The van der Waals surface area contributed by atoms with Crippen molar-refractivity contribution in [1.29, 1.82) is 0 Å². The summed E-state index contributed by atoms with van der Waals surface area (Å²) in [4.78, 5) is 11.9. The van der Waals surface area contributed by atoms with E-state index in [0.717, 1.165) is 12.6 Å². The normalized spacial score (nSPS) is 10.8. The average molecular weight is 416 g/mol. The minimum atomic E-state index is -3.95. The number of carbonyl (C=O) groups excluding carboxylic acids is 1. The zero-order chi connectivity index (χ0) is 19.2. The molecular weight excluding hydrogens is 393 g/mol. The maximum absolute atomic E-state index is 13.6. The Labute approximate surface area is 165 Å². The molecule has 0 bridgehead atoms. The summed E-state index contributed by atoms with van der Waals surface area (Å²) in [7, 11) is -3.95. The van der Waals surface area contributed by atoms with Crippen LogP contribution in [-0.4, -0.2) is 34.0 Å². The molecule has 2 rings (SSSR count). The van der Waals surface area contributed by atoms with Crippen LogP contribution in [0.1, 0.15) is 22.8 Å². The van der Waals surface area contributed by atoms with Crippen LogP contribution in [0, 0.1) is 12.7 Å². The number of aryl methyl sites for hydroxylation is 1. The number of rotatable bonds is 8. The van der Waals surface area contributed by atoms with Gasteiger partial charge in [-0.1, -0.05) is 19.1 Å². The van der Waals surface area contributed by atoms with E-state index in [9.17, 15) is 17.6 Å². The number of carbonyl (C=O) groups is 1. The summed E-state index contributed by atoms with van der Waals surface area (Å²) in [6.07, 6.45) is 0. The summed E-state index contributed by atoms with van der Waals surface area (Å²) >= 11 is 0. The number of amides is 1. The van der Waals surface area contributed by atoms with Gasteiger partial charge in [0.15, 0.2) is 0 Å². The van der Waals surface area contributed by atoms with E-state index < -0.39 is 15.8 Å². The molecule has 0 aliphatic rings. The number of hydrogen-bond donors (Lipinski definition) is 3. The largest absolute Gasteiger partial charge is 0.351 e. The van der Waals surface area contributed by atoms with Crippen LogP contribution in [0.4, 0.5) is 10.1 Å². The molecule has 6 nitrogen and oxygen atoms in total. The second-order valence-corrected chi connectivity index (χ2v) is 7.39. The Morgan fingerprint density at radius 2 is 1.85 bits per heavy atom. The van der Waals surface area contributed by atoms with Crippen LogP contribution in [0.2, 0.25) is 0 Å². The molecule has 148 valence electrons. The summed E-state index contributed by atoms with van der Waals surface area (Å²) in [5.74, 6) is -0.896. The standard InChI is InChI=1S/C18H22FN3O3S.ClH/c1-3-20-9-10-21-18(23)14-5-4-6-15(11-14)22-26(24,25)16-8-7-13(2)17(19)12-16;/h4-8,11-12,20,22H,3,9-10H2,1-2H3,(H,21,23);1H. The predicted octanol–water partition coefficient (Wildman–Crippen LogP) is 2.70. The van der Waals surface area contributed by atoms with Crippen molar-refractivity contribution in [3.8, 4) is 0 Å².